The van der Waals surface area contributed by atoms with Gasteiger partial charge in [-0.15, -0.1) is 0 Å². The van der Waals surface area contributed by atoms with Crippen LogP contribution in [0.5, 0.6) is 0 Å². The van der Waals surface area contributed by atoms with Crippen molar-refractivity contribution in [3.05, 3.63) is 30.1 Å². The normalized spacial score (nSPS) is 21.1. The van der Waals surface area contributed by atoms with Crippen molar-refractivity contribution < 1.29 is 9.84 Å². The van der Waals surface area contributed by atoms with E-state index in [-0.39, 0.29) is 6.10 Å². The molecule has 0 unspecified atom stereocenters. The van der Waals surface area contributed by atoms with E-state index < -0.39 is 6.10 Å². The fourth-order valence-electron chi connectivity index (χ4n) is 2.62. The first-order valence-electron chi connectivity index (χ1n) is 7.65. The Morgan fingerprint density at radius 1 is 1.50 bits per heavy atom. The quantitative estimate of drug-likeness (QED) is 0.780. The summed E-state index contributed by atoms with van der Waals surface area (Å²) in [6.07, 6.45) is 3.79. The average Bonchev–Trinajstić information content (AvgIpc) is 3.18. The Kier molecular flexibility index (Phi) is 4.81. The number of nitrogens with zero attached hydrogens (tertiary/aromatic N) is 5. The van der Waals surface area contributed by atoms with Gasteiger partial charge in [0, 0.05) is 38.4 Å². The van der Waals surface area contributed by atoms with Gasteiger partial charge in [-0.05, 0) is 6.07 Å². The van der Waals surface area contributed by atoms with Gasteiger partial charge in [0.05, 0.1) is 19.3 Å². The van der Waals surface area contributed by atoms with E-state index in [9.17, 15) is 5.11 Å². The van der Waals surface area contributed by atoms with Crippen LogP contribution in [0.15, 0.2) is 18.5 Å². The monoisotopic (exact) mass is 306 g/mol. The third kappa shape index (κ3) is 3.70. The fraction of sp³-hybridized carbons (Fsp3) is 0.643. The van der Waals surface area contributed by atoms with Crippen molar-refractivity contribution in [2.75, 3.05) is 26.2 Å². The van der Waals surface area contributed by atoms with E-state index in [4.69, 9.17) is 4.74 Å². The first-order valence-corrected chi connectivity index (χ1v) is 7.65. The maximum atomic E-state index is 10.2. The minimum Gasteiger partial charge on any atom is -0.390 e. The van der Waals surface area contributed by atoms with Crippen LogP contribution in [-0.2, 0) is 17.7 Å². The van der Waals surface area contributed by atoms with Crippen molar-refractivity contribution in [1.29, 1.82) is 0 Å². The lowest BCUT2D eigenvalue weighted by Crippen LogP contribution is -2.43. The number of H-pyrrole nitrogens is 1. The highest BCUT2D eigenvalue weighted by atomic mass is 16.5. The molecule has 0 bridgehead atoms. The first kappa shape index (κ1) is 15.1. The molecule has 1 aliphatic rings. The fourth-order valence-corrected chi connectivity index (χ4v) is 2.62. The molecule has 0 radical (unpaired) electrons. The maximum Gasteiger partial charge on any atom is 0.180 e. The lowest BCUT2D eigenvalue weighted by Gasteiger charge is -2.32. The molecule has 8 heteroatoms. The number of nitrogens with one attached hydrogen (secondary N) is 1. The van der Waals surface area contributed by atoms with Crippen LogP contribution in [-0.4, -0.2) is 67.3 Å². The lowest BCUT2D eigenvalue weighted by molar-refractivity contribution is -0.0473. The Labute approximate surface area is 129 Å². The second kappa shape index (κ2) is 6.99. The average molecular weight is 306 g/mol. The molecular weight excluding hydrogens is 284 g/mol. The minimum atomic E-state index is -0.461. The molecule has 0 aliphatic carbocycles. The van der Waals surface area contributed by atoms with Crippen molar-refractivity contribution in [3.8, 4) is 0 Å². The largest absolute Gasteiger partial charge is 0.390 e. The lowest BCUT2D eigenvalue weighted by atomic mass is 10.2. The molecule has 120 valence electrons. The van der Waals surface area contributed by atoms with Gasteiger partial charge in [-0.2, -0.15) is 10.2 Å². The molecule has 0 saturated carbocycles. The molecule has 3 heterocycles. The van der Waals surface area contributed by atoms with Crippen LogP contribution in [0, 0.1) is 0 Å². The number of aliphatic hydroxyl groups is 1. The minimum absolute atomic E-state index is 0.137. The van der Waals surface area contributed by atoms with E-state index in [2.05, 4.69) is 25.2 Å². The predicted octanol–water partition coefficient (Wildman–Crippen LogP) is -0.00200. The molecule has 2 N–H and O–H groups in total. The Morgan fingerprint density at radius 3 is 3.14 bits per heavy atom. The van der Waals surface area contributed by atoms with Crippen LogP contribution >= 0.6 is 0 Å². The molecule has 3 rings (SSSR count). The zero-order valence-corrected chi connectivity index (χ0v) is 12.7. The summed E-state index contributed by atoms with van der Waals surface area (Å²) in [4.78, 5) is 6.62. The SMILES string of the molecule is CCc1nc([C@H]2CN(C[C@@H](O)Cn3cccn3)CCO2)n[nH]1. The van der Waals surface area contributed by atoms with Crippen molar-refractivity contribution >= 4 is 0 Å². The van der Waals surface area contributed by atoms with Gasteiger partial charge in [0.15, 0.2) is 5.82 Å². The highest BCUT2D eigenvalue weighted by Gasteiger charge is 2.26. The van der Waals surface area contributed by atoms with E-state index in [1.54, 1.807) is 10.9 Å². The van der Waals surface area contributed by atoms with Gasteiger partial charge < -0.3 is 9.84 Å². The van der Waals surface area contributed by atoms with Crippen molar-refractivity contribution in [2.45, 2.75) is 32.1 Å². The molecule has 0 aromatic carbocycles. The Hall–Kier alpha value is -1.77. The first-order chi connectivity index (χ1) is 10.7. The van der Waals surface area contributed by atoms with Crippen LogP contribution in [0.2, 0.25) is 0 Å². The third-order valence-corrected chi connectivity index (χ3v) is 3.75. The van der Waals surface area contributed by atoms with Gasteiger partial charge in [-0.25, -0.2) is 4.98 Å². The van der Waals surface area contributed by atoms with Crippen LogP contribution in [0.3, 0.4) is 0 Å². The summed E-state index contributed by atoms with van der Waals surface area (Å²) < 4.78 is 7.50. The molecule has 1 fully saturated rings. The van der Waals surface area contributed by atoms with E-state index >= 15 is 0 Å². The number of aliphatic hydroxyl groups excluding tert-OH is 1. The number of aromatic amines is 1. The second-order valence-corrected chi connectivity index (χ2v) is 5.49. The molecule has 2 aromatic heterocycles. The van der Waals surface area contributed by atoms with Crippen molar-refractivity contribution in [1.82, 2.24) is 29.9 Å². The van der Waals surface area contributed by atoms with Crippen molar-refractivity contribution in [2.24, 2.45) is 0 Å². The van der Waals surface area contributed by atoms with Gasteiger partial charge in [-0.3, -0.25) is 14.7 Å². The van der Waals surface area contributed by atoms with Gasteiger partial charge in [-0.1, -0.05) is 6.92 Å². The summed E-state index contributed by atoms with van der Waals surface area (Å²) in [6, 6.07) is 1.85. The van der Waals surface area contributed by atoms with Crippen LogP contribution in [0.25, 0.3) is 0 Å². The molecule has 22 heavy (non-hydrogen) atoms. The number of ether oxygens (including phenoxy) is 1. The van der Waals surface area contributed by atoms with E-state index in [1.807, 2.05) is 19.2 Å². The Balaban J connectivity index is 1.53. The summed E-state index contributed by atoms with van der Waals surface area (Å²) in [6.45, 7) is 5.23. The Bertz CT molecular complexity index is 570. The number of rotatable bonds is 6. The molecule has 0 amide bonds. The van der Waals surface area contributed by atoms with Gasteiger partial charge >= 0.3 is 0 Å². The molecule has 1 aliphatic heterocycles. The van der Waals surface area contributed by atoms with E-state index in [0.29, 0.717) is 32.1 Å². The van der Waals surface area contributed by atoms with Crippen molar-refractivity contribution in [3.63, 3.8) is 0 Å². The van der Waals surface area contributed by atoms with Crippen LogP contribution in [0.4, 0.5) is 0 Å². The van der Waals surface area contributed by atoms with Gasteiger partial charge in [0.1, 0.15) is 11.9 Å². The zero-order valence-electron chi connectivity index (χ0n) is 12.7. The topological polar surface area (TPSA) is 92.1 Å². The smallest absolute Gasteiger partial charge is 0.180 e. The number of aryl methyl sites for hydroxylation is 1. The Morgan fingerprint density at radius 2 is 2.41 bits per heavy atom. The molecular formula is C14H22N6O2. The molecule has 8 nitrogen and oxygen atoms in total. The van der Waals surface area contributed by atoms with Crippen LogP contribution < -0.4 is 0 Å². The number of aromatic nitrogens is 5. The molecule has 2 atom stereocenters. The number of morpholine rings is 1. The number of hydrogen-bond donors (Lipinski definition) is 2. The summed E-state index contributed by atoms with van der Waals surface area (Å²) in [5.41, 5.74) is 0. The molecule has 1 saturated heterocycles. The van der Waals surface area contributed by atoms with Gasteiger partial charge in [0.25, 0.3) is 0 Å². The summed E-state index contributed by atoms with van der Waals surface area (Å²) in [5, 5.41) is 21.4. The molecule has 2 aromatic rings. The van der Waals surface area contributed by atoms with E-state index in [1.165, 1.54) is 0 Å². The highest BCUT2D eigenvalue weighted by Crippen LogP contribution is 2.19. The number of hydrogen-bond acceptors (Lipinski definition) is 6. The van der Waals surface area contributed by atoms with Gasteiger partial charge in [0.2, 0.25) is 0 Å². The summed E-state index contributed by atoms with van der Waals surface area (Å²) >= 11 is 0. The summed E-state index contributed by atoms with van der Waals surface area (Å²) in [7, 11) is 0. The zero-order chi connectivity index (χ0) is 15.4. The highest BCUT2D eigenvalue weighted by molar-refractivity contribution is 4.96. The maximum absolute atomic E-state index is 10.2. The summed E-state index contributed by atoms with van der Waals surface area (Å²) in [5.74, 6) is 1.57. The third-order valence-electron chi connectivity index (χ3n) is 3.75. The van der Waals surface area contributed by atoms with E-state index in [0.717, 1.165) is 18.8 Å². The van der Waals surface area contributed by atoms with Crippen LogP contribution in [0.1, 0.15) is 24.7 Å². The molecule has 0 spiro atoms. The standard InChI is InChI=1S/C14H22N6O2/c1-2-13-16-14(18-17-13)12-10-19(6-7-22-12)8-11(21)9-20-5-3-4-15-20/h3-5,11-12,21H,2,6-10H2,1H3,(H,16,17,18)/t11-,12-/m1/s1. The predicted molar refractivity (Wildman–Crippen MR) is 79.1 cm³/mol. The second-order valence-electron chi connectivity index (χ2n) is 5.49. The number of β-amino-alcohol motifs (C(OH)–C–C–N with tert-alkyl or cyclic N) is 1.